The highest BCUT2D eigenvalue weighted by Crippen LogP contribution is 2.46. The first-order chi connectivity index (χ1) is 7.59. The van der Waals surface area contributed by atoms with E-state index in [9.17, 15) is 5.11 Å². The summed E-state index contributed by atoms with van der Waals surface area (Å²) in [5.41, 5.74) is 1.22. The maximum Gasteiger partial charge on any atom is 0.137 e. The van der Waals surface area contributed by atoms with Crippen molar-refractivity contribution in [1.29, 1.82) is 0 Å². The van der Waals surface area contributed by atoms with Crippen LogP contribution in [0, 0.1) is 12.8 Å². The van der Waals surface area contributed by atoms with Crippen LogP contribution in [-0.4, -0.2) is 5.11 Å². The highest BCUT2D eigenvalue weighted by Gasteiger charge is 2.43. The Morgan fingerprint density at radius 3 is 2.75 bits per heavy atom. The van der Waals surface area contributed by atoms with Gasteiger partial charge >= 0.3 is 0 Å². The Labute approximate surface area is 94.9 Å². The zero-order valence-corrected chi connectivity index (χ0v) is 9.66. The molecule has 0 amide bonds. The van der Waals surface area contributed by atoms with E-state index in [2.05, 4.69) is 0 Å². The molecule has 1 fully saturated rings. The van der Waals surface area contributed by atoms with Crippen LogP contribution in [0.15, 0.2) is 28.7 Å². The number of fused-ring (bicyclic) bond motifs is 1. The van der Waals surface area contributed by atoms with Crippen LogP contribution >= 0.6 is 0 Å². The lowest BCUT2D eigenvalue weighted by Crippen LogP contribution is -2.22. The van der Waals surface area contributed by atoms with Crippen LogP contribution in [-0.2, 0) is 5.60 Å². The monoisotopic (exact) mass is 216 g/mol. The van der Waals surface area contributed by atoms with Gasteiger partial charge in [-0.2, -0.15) is 0 Å². The Hall–Kier alpha value is -1.28. The highest BCUT2D eigenvalue weighted by atomic mass is 16.4. The minimum atomic E-state index is -0.800. The van der Waals surface area contributed by atoms with Crippen LogP contribution in [0.2, 0.25) is 0 Å². The van der Waals surface area contributed by atoms with Gasteiger partial charge in [-0.15, -0.1) is 0 Å². The first-order valence-electron chi connectivity index (χ1n) is 5.81. The normalized spacial score (nSPS) is 19.9. The fraction of sp³-hybridized carbons (Fsp3) is 0.429. The fourth-order valence-corrected chi connectivity index (χ4v) is 2.30. The molecule has 16 heavy (non-hydrogen) atoms. The first kappa shape index (κ1) is 9.91. The molecule has 1 saturated carbocycles. The van der Waals surface area contributed by atoms with E-state index < -0.39 is 5.60 Å². The Morgan fingerprint density at radius 1 is 1.38 bits per heavy atom. The molecule has 2 heteroatoms. The predicted octanol–water partition coefficient (Wildman–Crippen LogP) is 3.36. The third-order valence-corrected chi connectivity index (χ3v) is 3.61. The molecule has 1 atom stereocenters. The van der Waals surface area contributed by atoms with Crippen LogP contribution < -0.4 is 0 Å². The second-order valence-electron chi connectivity index (χ2n) is 5.03. The lowest BCUT2D eigenvalue weighted by atomic mass is 9.97. The molecular weight excluding hydrogens is 200 g/mol. The van der Waals surface area contributed by atoms with Crippen molar-refractivity contribution in [2.75, 3.05) is 0 Å². The zero-order valence-electron chi connectivity index (χ0n) is 9.66. The molecule has 0 radical (unpaired) electrons. The molecule has 2 nitrogen and oxygen atoms in total. The topological polar surface area (TPSA) is 33.4 Å². The SMILES string of the molecule is Cc1cccc2cc(C(C)(O)C3CC3)oc12. The quantitative estimate of drug-likeness (QED) is 0.835. The van der Waals surface area contributed by atoms with Crippen molar-refractivity contribution in [1.82, 2.24) is 0 Å². The number of para-hydroxylation sites is 1. The molecule has 84 valence electrons. The minimum absolute atomic E-state index is 0.369. The van der Waals surface area contributed by atoms with Crippen molar-refractivity contribution >= 4 is 11.0 Å². The maximum absolute atomic E-state index is 10.4. The summed E-state index contributed by atoms with van der Waals surface area (Å²) in [5.74, 6) is 1.08. The lowest BCUT2D eigenvalue weighted by molar-refractivity contribution is 0.0127. The van der Waals surface area contributed by atoms with E-state index in [4.69, 9.17) is 4.42 Å². The van der Waals surface area contributed by atoms with Gasteiger partial charge in [-0.25, -0.2) is 0 Å². The van der Waals surface area contributed by atoms with E-state index in [-0.39, 0.29) is 0 Å². The Morgan fingerprint density at radius 2 is 2.12 bits per heavy atom. The van der Waals surface area contributed by atoms with Crippen LogP contribution in [0.5, 0.6) is 0 Å². The minimum Gasteiger partial charge on any atom is -0.458 e. The number of aliphatic hydroxyl groups is 1. The van der Waals surface area contributed by atoms with E-state index in [1.54, 1.807) is 0 Å². The molecule has 0 aliphatic heterocycles. The highest BCUT2D eigenvalue weighted by molar-refractivity contribution is 5.81. The van der Waals surface area contributed by atoms with Gasteiger partial charge in [-0.05, 0) is 44.2 Å². The summed E-state index contributed by atoms with van der Waals surface area (Å²) >= 11 is 0. The smallest absolute Gasteiger partial charge is 0.137 e. The van der Waals surface area contributed by atoms with E-state index in [1.807, 2.05) is 38.1 Å². The average Bonchev–Trinajstić information content (AvgIpc) is 2.99. The Balaban J connectivity index is 2.15. The van der Waals surface area contributed by atoms with E-state index in [0.717, 1.165) is 29.4 Å². The molecule has 1 heterocycles. The molecule has 1 unspecified atom stereocenters. The van der Waals surface area contributed by atoms with E-state index in [1.165, 1.54) is 0 Å². The second kappa shape index (κ2) is 3.11. The molecule has 0 bridgehead atoms. The second-order valence-corrected chi connectivity index (χ2v) is 5.03. The third kappa shape index (κ3) is 1.37. The third-order valence-electron chi connectivity index (χ3n) is 3.61. The van der Waals surface area contributed by atoms with Gasteiger partial charge in [0.1, 0.15) is 16.9 Å². The van der Waals surface area contributed by atoms with Gasteiger partial charge in [0.15, 0.2) is 0 Å². The molecule has 1 aliphatic carbocycles. The average molecular weight is 216 g/mol. The summed E-state index contributed by atoms with van der Waals surface area (Å²) in [6, 6.07) is 8.04. The Bertz CT molecular complexity index is 533. The first-order valence-corrected chi connectivity index (χ1v) is 5.81. The standard InChI is InChI=1S/C14H16O2/c1-9-4-3-5-10-8-12(16-13(9)10)14(2,15)11-6-7-11/h3-5,8,11,15H,6-7H2,1-2H3. The predicted molar refractivity (Wildman–Crippen MR) is 63.2 cm³/mol. The van der Waals surface area contributed by atoms with Gasteiger partial charge in [-0.1, -0.05) is 18.2 Å². The van der Waals surface area contributed by atoms with Crippen molar-refractivity contribution < 1.29 is 9.52 Å². The maximum atomic E-state index is 10.4. The molecule has 1 aliphatic rings. The summed E-state index contributed by atoms with van der Waals surface area (Å²) in [5, 5.41) is 11.5. The van der Waals surface area contributed by atoms with Crippen LogP contribution in [0.1, 0.15) is 31.1 Å². The van der Waals surface area contributed by atoms with Gasteiger partial charge in [0.25, 0.3) is 0 Å². The summed E-state index contributed by atoms with van der Waals surface area (Å²) in [6.07, 6.45) is 2.20. The molecule has 1 N–H and O–H groups in total. The van der Waals surface area contributed by atoms with Gasteiger partial charge in [0.05, 0.1) is 0 Å². The summed E-state index contributed by atoms with van der Waals surface area (Å²) in [4.78, 5) is 0. The Kier molecular flexibility index (Phi) is 1.93. The van der Waals surface area contributed by atoms with Crippen molar-refractivity contribution in [2.45, 2.75) is 32.3 Å². The fourth-order valence-electron chi connectivity index (χ4n) is 2.30. The lowest BCUT2D eigenvalue weighted by Gasteiger charge is -2.19. The van der Waals surface area contributed by atoms with Crippen molar-refractivity contribution in [2.24, 2.45) is 5.92 Å². The van der Waals surface area contributed by atoms with Crippen LogP contribution in [0.25, 0.3) is 11.0 Å². The van der Waals surface area contributed by atoms with Crippen LogP contribution in [0.3, 0.4) is 0 Å². The molecule has 3 rings (SSSR count). The largest absolute Gasteiger partial charge is 0.458 e. The van der Waals surface area contributed by atoms with Crippen LogP contribution in [0.4, 0.5) is 0 Å². The number of hydrogen-bond acceptors (Lipinski definition) is 2. The summed E-state index contributed by atoms with van der Waals surface area (Å²) < 4.78 is 5.81. The molecular formula is C14H16O2. The van der Waals surface area contributed by atoms with Gasteiger partial charge < -0.3 is 9.52 Å². The van der Waals surface area contributed by atoms with E-state index in [0.29, 0.717) is 11.7 Å². The number of rotatable bonds is 2. The van der Waals surface area contributed by atoms with Crippen molar-refractivity contribution in [3.63, 3.8) is 0 Å². The number of aryl methyl sites for hydroxylation is 1. The molecule has 0 saturated heterocycles. The number of furan rings is 1. The van der Waals surface area contributed by atoms with E-state index >= 15 is 0 Å². The zero-order chi connectivity index (χ0) is 11.3. The van der Waals surface area contributed by atoms with Gasteiger partial charge in [-0.3, -0.25) is 0 Å². The molecule has 2 aromatic rings. The summed E-state index contributed by atoms with van der Waals surface area (Å²) in [7, 11) is 0. The number of benzene rings is 1. The summed E-state index contributed by atoms with van der Waals surface area (Å²) in [6.45, 7) is 3.89. The molecule has 1 aromatic carbocycles. The van der Waals surface area contributed by atoms with Crippen molar-refractivity contribution in [3.05, 3.63) is 35.6 Å². The van der Waals surface area contributed by atoms with Crippen molar-refractivity contribution in [3.8, 4) is 0 Å². The van der Waals surface area contributed by atoms with Gasteiger partial charge in [0, 0.05) is 5.39 Å². The van der Waals surface area contributed by atoms with Gasteiger partial charge in [0.2, 0.25) is 0 Å². The number of hydrogen-bond donors (Lipinski definition) is 1. The molecule has 1 aromatic heterocycles. The molecule has 0 spiro atoms.